The predicted octanol–water partition coefficient (Wildman–Crippen LogP) is 2.89. The van der Waals surface area contributed by atoms with Gasteiger partial charge in [-0.1, -0.05) is 13.8 Å². The van der Waals surface area contributed by atoms with Gasteiger partial charge in [-0.3, -0.25) is 0 Å². The molecule has 1 aliphatic heterocycles. The molecule has 0 amide bonds. The van der Waals surface area contributed by atoms with Gasteiger partial charge in [0.05, 0.1) is 6.10 Å². The first-order valence-electron chi connectivity index (χ1n) is 7.46. The molecule has 1 unspecified atom stereocenters. The quantitative estimate of drug-likeness (QED) is 0.857. The summed E-state index contributed by atoms with van der Waals surface area (Å²) < 4.78 is 5.67. The van der Waals surface area contributed by atoms with E-state index in [1.807, 2.05) is 0 Å². The van der Waals surface area contributed by atoms with E-state index in [4.69, 9.17) is 9.72 Å². The van der Waals surface area contributed by atoms with Gasteiger partial charge < -0.3 is 10.1 Å². The van der Waals surface area contributed by atoms with Gasteiger partial charge in [-0.05, 0) is 32.6 Å². The number of aromatic nitrogens is 2. The van der Waals surface area contributed by atoms with Crippen LogP contribution in [0.2, 0.25) is 0 Å². The molecule has 4 heteroatoms. The van der Waals surface area contributed by atoms with Gasteiger partial charge in [0.1, 0.15) is 11.6 Å². The van der Waals surface area contributed by atoms with Crippen LogP contribution < -0.4 is 5.32 Å². The number of ether oxygens (including phenoxy) is 1. The summed E-state index contributed by atoms with van der Waals surface area (Å²) >= 11 is 0. The van der Waals surface area contributed by atoms with Crippen LogP contribution in [-0.2, 0) is 17.6 Å². The zero-order chi connectivity index (χ0) is 13.7. The third-order valence-corrected chi connectivity index (χ3v) is 3.59. The largest absolute Gasteiger partial charge is 0.378 e. The molecule has 0 radical (unpaired) electrons. The van der Waals surface area contributed by atoms with Gasteiger partial charge in [-0.15, -0.1) is 0 Å². The molecule has 0 bridgehead atoms. The zero-order valence-electron chi connectivity index (χ0n) is 12.3. The minimum Gasteiger partial charge on any atom is -0.378 e. The second kappa shape index (κ2) is 6.85. The van der Waals surface area contributed by atoms with E-state index in [-0.39, 0.29) is 0 Å². The van der Waals surface area contributed by atoms with E-state index in [2.05, 4.69) is 31.1 Å². The van der Waals surface area contributed by atoms with E-state index < -0.39 is 0 Å². The summed E-state index contributed by atoms with van der Waals surface area (Å²) in [7, 11) is 0. The van der Waals surface area contributed by atoms with E-state index in [0.29, 0.717) is 6.10 Å². The first-order valence-corrected chi connectivity index (χ1v) is 7.46. The van der Waals surface area contributed by atoms with Crippen molar-refractivity contribution in [2.45, 2.75) is 59.0 Å². The lowest BCUT2D eigenvalue weighted by Crippen LogP contribution is -2.15. The fraction of sp³-hybridized carbons (Fsp3) is 0.733. The van der Waals surface area contributed by atoms with Crippen molar-refractivity contribution in [2.75, 3.05) is 18.5 Å². The minimum atomic E-state index is 0.311. The van der Waals surface area contributed by atoms with Gasteiger partial charge in [-0.25, -0.2) is 9.97 Å². The molecule has 1 fully saturated rings. The maximum atomic E-state index is 5.67. The summed E-state index contributed by atoms with van der Waals surface area (Å²) in [4.78, 5) is 9.35. The molecule has 2 heterocycles. The van der Waals surface area contributed by atoms with Gasteiger partial charge in [0, 0.05) is 30.8 Å². The van der Waals surface area contributed by atoms with E-state index in [1.54, 1.807) is 0 Å². The van der Waals surface area contributed by atoms with Gasteiger partial charge in [0.25, 0.3) is 0 Å². The molecule has 0 aromatic carbocycles. The van der Waals surface area contributed by atoms with Gasteiger partial charge >= 0.3 is 0 Å². The number of nitrogens with one attached hydrogen (secondary N) is 1. The number of nitrogens with zero attached hydrogens (tertiary/aromatic N) is 2. The second-order valence-electron chi connectivity index (χ2n) is 5.17. The smallest absolute Gasteiger partial charge is 0.133 e. The molecule has 2 rings (SSSR count). The van der Waals surface area contributed by atoms with E-state index in [9.17, 15) is 0 Å². The Morgan fingerprint density at radius 1 is 1.32 bits per heavy atom. The first-order chi connectivity index (χ1) is 9.24. The lowest BCUT2D eigenvalue weighted by Gasteiger charge is -2.15. The molecule has 0 aliphatic carbocycles. The number of aryl methyl sites for hydroxylation is 1. The van der Waals surface area contributed by atoms with Gasteiger partial charge in [-0.2, -0.15) is 0 Å². The van der Waals surface area contributed by atoms with Crippen LogP contribution in [0.1, 0.15) is 50.2 Å². The fourth-order valence-electron chi connectivity index (χ4n) is 2.57. The van der Waals surface area contributed by atoms with Crippen LogP contribution >= 0.6 is 0 Å². The minimum absolute atomic E-state index is 0.311. The first kappa shape index (κ1) is 14.3. The van der Waals surface area contributed by atoms with E-state index in [0.717, 1.165) is 62.6 Å². The van der Waals surface area contributed by atoms with Crippen molar-refractivity contribution in [3.63, 3.8) is 0 Å². The average Bonchev–Trinajstić information content (AvgIpc) is 2.89. The molecule has 1 N–H and O–H groups in total. The molecule has 4 nitrogen and oxygen atoms in total. The molecule has 0 saturated carbocycles. The summed E-state index contributed by atoms with van der Waals surface area (Å²) in [6, 6.07) is 0. The van der Waals surface area contributed by atoms with Crippen LogP contribution in [0.4, 0.5) is 5.82 Å². The van der Waals surface area contributed by atoms with Crippen LogP contribution in [-0.4, -0.2) is 29.2 Å². The number of anilines is 1. The molecular formula is C15H25N3O. The molecule has 1 atom stereocenters. The molecule has 1 aliphatic rings. The topological polar surface area (TPSA) is 47.0 Å². The van der Waals surface area contributed by atoms with Crippen molar-refractivity contribution in [3.8, 4) is 0 Å². The highest BCUT2D eigenvalue weighted by Crippen LogP contribution is 2.20. The predicted molar refractivity (Wildman–Crippen MR) is 77.6 cm³/mol. The maximum Gasteiger partial charge on any atom is 0.133 e. The van der Waals surface area contributed by atoms with Crippen molar-refractivity contribution in [1.29, 1.82) is 0 Å². The molecule has 1 aromatic rings. The summed E-state index contributed by atoms with van der Waals surface area (Å²) in [6.07, 6.45) is 5.52. The Morgan fingerprint density at radius 2 is 2.16 bits per heavy atom. The van der Waals surface area contributed by atoms with Crippen molar-refractivity contribution >= 4 is 5.82 Å². The SMILES string of the molecule is CCCNc1nc(CC2CCCO2)nc(C)c1CC. The number of hydrogen-bond acceptors (Lipinski definition) is 4. The van der Waals surface area contributed by atoms with Crippen molar-refractivity contribution < 1.29 is 4.74 Å². The summed E-state index contributed by atoms with van der Waals surface area (Å²) in [5.74, 6) is 1.94. The Balaban J connectivity index is 2.16. The Bertz CT molecular complexity index is 414. The molecule has 1 saturated heterocycles. The summed E-state index contributed by atoms with van der Waals surface area (Å²) in [5, 5.41) is 3.43. The number of rotatable bonds is 6. The van der Waals surface area contributed by atoms with Crippen LogP contribution in [0.25, 0.3) is 0 Å². The van der Waals surface area contributed by atoms with Gasteiger partial charge in [0.15, 0.2) is 0 Å². The second-order valence-corrected chi connectivity index (χ2v) is 5.17. The highest BCUT2D eigenvalue weighted by atomic mass is 16.5. The monoisotopic (exact) mass is 263 g/mol. The summed E-state index contributed by atoms with van der Waals surface area (Å²) in [5.41, 5.74) is 2.34. The van der Waals surface area contributed by atoms with Gasteiger partial charge in [0.2, 0.25) is 0 Å². The van der Waals surface area contributed by atoms with Crippen LogP contribution in [0.15, 0.2) is 0 Å². The Morgan fingerprint density at radius 3 is 2.79 bits per heavy atom. The summed E-state index contributed by atoms with van der Waals surface area (Å²) in [6.45, 7) is 8.25. The maximum absolute atomic E-state index is 5.67. The zero-order valence-corrected chi connectivity index (χ0v) is 12.3. The van der Waals surface area contributed by atoms with Crippen molar-refractivity contribution in [2.24, 2.45) is 0 Å². The lowest BCUT2D eigenvalue weighted by atomic mass is 10.1. The van der Waals surface area contributed by atoms with Crippen molar-refractivity contribution in [1.82, 2.24) is 9.97 Å². The molecule has 106 valence electrons. The van der Waals surface area contributed by atoms with Crippen LogP contribution in [0.3, 0.4) is 0 Å². The van der Waals surface area contributed by atoms with Crippen LogP contribution in [0, 0.1) is 6.92 Å². The molecule has 1 aromatic heterocycles. The van der Waals surface area contributed by atoms with E-state index in [1.165, 1.54) is 5.56 Å². The van der Waals surface area contributed by atoms with Crippen molar-refractivity contribution in [3.05, 3.63) is 17.1 Å². The Hall–Kier alpha value is -1.16. The van der Waals surface area contributed by atoms with Crippen LogP contribution in [0.5, 0.6) is 0 Å². The Kier molecular flexibility index (Phi) is 5.14. The van der Waals surface area contributed by atoms with E-state index >= 15 is 0 Å². The third kappa shape index (κ3) is 3.66. The third-order valence-electron chi connectivity index (χ3n) is 3.59. The molecule has 19 heavy (non-hydrogen) atoms. The normalized spacial score (nSPS) is 18.8. The molecule has 0 spiro atoms. The fourth-order valence-corrected chi connectivity index (χ4v) is 2.57. The lowest BCUT2D eigenvalue weighted by molar-refractivity contribution is 0.110. The Labute approximate surface area is 116 Å². The molecular weight excluding hydrogens is 238 g/mol. The number of hydrogen-bond donors (Lipinski definition) is 1. The average molecular weight is 263 g/mol. The highest BCUT2D eigenvalue weighted by Gasteiger charge is 2.19. The highest BCUT2D eigenvalue weighted by molar-refractivity contribution is 5.46. The standard InChI is InChI=1S/C15H25N3O/c1-4-8-16-15-13(5-2)11(3)17-14(18-15)10-12-7-6-9-19-12/h12H,4-10H2,1-3H3,(H,16,17,18).